The van der Waals surface area contributed by atoms with Gasteiger partial charge in [-0.05, 0) is 37.6 Å². The van der Waals surface area contributed by atoms with Crippen LogP contribution in [0.25, 0.3) is 0 Å². The molecule has 0 aliphatic carbocycles. The standard InChI is InChI=1S/C12H14O2/c1-4-7-14-11-5-6-12(10(3)13)9(2)8-11/h4-6,8H,1,7H2,2-3H3. The number of rotatable bonds is 4. The molecule has 1 aromatic rings. The van der Waals surface area contributed by atoms with Crippen LogP contribution >= 0.6 is 0 Å². The highest BCUT2D eigenvalue weighted by atomic mass is 16.5. The molecule has 1 rings (SSSR count). The highest BCUT2D eigenvalue weighted by molar-refractivity contribution is 5.95. The average molecular weight is 190 g/mol. The van der Waals surface area contributed by atoms with Gasteiger partial charge in [0, 0.05) is 5.56 Å². The van der Waals surface area contributed by atoms with Gasteiger partial charge in [-0.25, -0.2) is 0 Å². The molecule has 74 valence electrons. The quantitative estimate of drug-likeness (QED) is 0.539. The molecule has 0 saturated carbocycles. The third kappa shape index (κ3) is 2.46. The molecule has 0 heterocycles. The number of carbonyl (C=O) groups excluding carboxylic acids is 1. The summed E-state index contributed by atoms with van der Waals surface area (Å²) in [5.41, 5.74) is 1.69. The van der Waals surface area contributed by atoms with E-state index in [9.17, 15) is 4.79 Å². The topological polar surface area (TPSA) is 26.3 Å². The van der Waals surface area contributed by atoms with Crippen LogP contribution in [-0.2, 0) is 0 Å². The van der Waals surface area contributed by atoms with Crippen LogP contribution in [0, 0.1) is 6.92 Å². The summed E-state index contributed by atoms with van der Waals surface area (Å²) in [4.78, 5) is 11.1. The number of aryl methyl sites for hydroxylation is 1. The van der Waals surface area contributed by atoms with E-state index in [1.165, 1.54) is 0 Å². The van der Waals surface area contributed by atoms with Crippen molar-refractivity contribution < 1.29 is 9.53 Å². The van der Waals surface area contributed by atoms with Crippen LogP contribution < -0.4 is 4.74 Å². The van der Waals surface area contributed by atoms with Gasteiger partial charge in [-0.3, -0.25) is 4.79 Å². The monoisotopic (exact) mass is 190 g/mol. The summed E-state index contributed by atoms with van der Waals surface area (Å²) < 4.78 is 5.34. The molecule has 0 spiro atoms. The molecule has 0 saturated heterocycles. The highest BCUT2D eigenvalue weighted by Gasteiger charge is 2.04. The Morgan fingerprint density at radius 2 is 2.29 bits per heavy atom. The lowest BCUT2D eigenvalue weighted by atomic mass is 10.1. The fourth-order valence-electron chi connectivity index (χ4n) is 1.28. The molecule has 0 aromatic heterocycles. The first kappa shape index (κ1) is 10.5. The normalized spacial score (nSPS) is 9.57. The van der Waals surface area contributed by atoms with Crippen LogP contribution in [-0.4, -0.2) is 12.4 Å². The smallest absolute Gasteiger partial charge is 0.160 e. The van der Waals surface area contributed by atoms with Gasteiger partial charge in [0.25, 0.3) is 0 Å². The van der Waals surface area contributed by atoms with Crippen LogP contribution in [0.15, 0.2) is 30.9 Å². The Morgan fingerprint density at radius 1 is 1.57 bits per heavy atom. The molecule has 0 atom stereocenters. The highest BCUT2D eigenvalue weighted by Crippen LogP contribution is 2.17. The fraction of sp³-hybridized carbons (Fsp3) is 0.250. The lowest BCUT2D eigenvalue weighted by Gasteiger charge is -2.06. The maximum Gasteiger partial charge on any atom is 0.160 e. The number of hydrogen-bond acceptors (Lipinski definition) is 2. The zero-order valence-electron chi connectivity index (χ0n) is 8.54. The van der Waals surface area contributed by atoms with Crippen molar-refractivity contribution in [1.29, 1.82) is 0 Å². The second-order valence-corrected chi connectivity index (χ2v) is 3.13. The molecular formula is C12H14O2. The van der Waals surface area contributed by atoms with Crippen molar-refractivity contribution >= 4 is 5.78 Å². The summed E-state index contributed by atoms with van der Waals surface area (Å²) in [5, 5.41) is 0. The van der Waals surface area contributed by atoms with Gasteiger partial charge in [-0.15, -0.1) is 0 Å². The summed E-state index contributed by atoms with van der Waals surface area (Å²) in [6.07, 6.45) is 1.69. The molecule has 0 fully saturated rings. The Bertz CT molecular complexity index is 353. The van der Waals surface area contributed by atoms with E-state index in [1.54, 1.807) is 25.1 Å². The number of ketones is 1. The van der Waals surface area contributed by atoms with Gasteiger partial charge in [0.2, 0.25) is 0 Å². The predicted octanol–water partition coefficient (Wildman–Crippen LogP) is 2.76. The van der Waals surface area contributed by atoms with Gasteiger partial charge >= 0.3 is 0 Å². The molecule has 0 unspecified atom stereocenters. The Morgan fingerprint density at radius 3 is 2.79 bits per heavy atom. The lowest BCUT2D eigenvalue weighted by Crippen LogP contribution is -1.98. The molecule has 2 heteroatoms. The molecule has 0 radical (unpaired) electrons. The van der Waals surface area contributed by atoms with Gasteiger partial charge in [-0.1, -0.05) is 12.7 Å². The molecule has 1 aromatic carbocycles. The van der Waals surface area contributed by atoms with Crippen molar-refractivity contribution in [2.45, 2.75) is 13.8 Å². The maximum atomic E-state index is 11.1. The third-order valence-corrected chi connectivity index (χ3v) is 1.95. The zero-order valence-corrected chi connectivity index (χ0v) is 8.54. The van der Waals surface area contributed by atoms with Crippen molar-refractivity contribution in [2.75, 3.05) is 6.61 Å². The minimum absolute atomic E-state index is 0.0813. The number of Topliss-reactive ketones (excluding diaryl/α,β-unsaturated/α-hetero) is 1. The molecule has 0 amide bonds. The molecule has 0 N–H and O–H groups in total. The Kier molecular flexibility index (Phi) is 3.46. The lowest BCUT2D eigenvalue weighted by molar-refractivity contribution is 0.101. The van der Waals surface area contributed by atoms with E-state index >= 15 is 0 Å². The second kappa shape index (κ2) is 4.61. The Balaban J connectivity index is 2.88. The molecule has 0 bridgehead atoms. The summed E-state index contributed by atoms with van der Waals surface area (Å²) in [5.74, 6) is 0.852. The van der Waals surface area contributed by atoms with Gasteiger partial charge in [0.15, 0.2) is 5.78 Å². The molecule has 0 aliphatic heterocycles. The maximum absolute atomic E-state index is 11.1. The van der Waals surface area contributed by atoms with Crippen molar-refractivity contribution in [3.63, 3.8) is 0 Å². The van der Waals surface area contributed by atoms with E-state index in [1.807, 2.05) is 13.0 Å². The van der Waals surface area contributed by atoms with Crippen molar-refractivity contribution in [3.05, 3.63) is 42.0 Å². The van der Waals surface area contributed by atoms with Crippen LogP contribution in [0.5, 0.6) is 5.75 Å². The summed E-state index contributed by atoms with van der Waals surface area (Å²) in [7, 11) is 0. The first-order valence-electron chi connectivity index (χ1n) is 4.50. The average Bonchev–Trinajstić information content (AvgIpc) is 2.14. The minimum atomic E-state index is 0.0813. The van der Waals surface area contributed by atoms with Crippen molar-refractivity contribution in [2.24, 2.45) is 0 Å². The summed E-state index contributed by atoms with van der Waals surface area (Å²) in [6, 6.07) is 5.45. The number of ether oxygens (including phenoxy) is 1. The fourth-order valence-corrected chi connectivity index (χ4v) is 1.28. The third-order valence-electron chi connectivity index (χ3n) is 1.95. The predicted molar refractivity (Wildman–Crippen MR) is 56.9 cm³/mol. The molecule has 0 aliphatic rings. The molecule has 14 heavy (non-hydrogen) atoms. The van der Waals surface area contributed by atoms with E-state index in [-0.39, 0.29) is 5.78 Å². The molecular weight excluding hydrogens is 176 g/mol. The van der Waals surface area contributed by atoms with Crippen LogP contribution in [0.3, 0.4) is 0 Å². The zero-order chi connectivity index (χ0) is 10.6. The Hall–Kier alpha value is -1.57. The van der Waals surface area contributed by atoms with Crippen LogP contribution in [0.4, 0.5) is 0 Å². The van der Waals surface area contributed by atoms with E-state index in [0.29, 0.717) is 6.61 Å². The van der Waals surface area contributed by atoms with Gasteiger partial charge < -0.3 is 4.74 Å². The van der Waals surface area contributed by atoms with Gasteiger partial charge in [0.1, 0.15) is 12.4 Å². The van der Waals surface area contributed by atoms with E-state index in [2.05, 4.69) is 6.58 Å². The summed E-state index contributed by atoms with van der Waals surface area (Å²) in [6.45, 7) is 7.51. The number of benzene rings is 1. The van der Waals surface area contributed by atoms with Crippen molar-refractivity contribution in [1.82, 2.24) is 0 Å². The first-order chi connectivity index (χ1) is 6.65. The Labute approximate surface area is 84.2 Å². The number of carbonyl (C=O) groups is 1. The van der Waals surface area contributed by atoms with E-state index in [0.717, 1.165) is 16.9 Å². The van der Waals surface area contributed by atoms with Crippen molar-refractivity contribution in [3.8, 4) is 5.75 Å². The van der Waals surface area contributed by atoms with Crippen LogP contribution in [0.1, 0.15) is 22.8 Å². The van der Waals surface area contributed by atoms with Gasteiger partial charge in [-0.2, -0.15) is 0 Å². The second-order valence-electron chi connectivity index (χ2n) is 3.13. The minimum Gasteiger partial charge on any atom is -0.490 e. The van der Waals surface area contributed by atoms with Gasteiger partial charge in [0.05, 0.1) is 0 Å². The SMILES string of the molecule is C=CCOc1ccc(C(C)=O)c(C)c1. The largest absolute Gasteiger partial charge is 0.490 e. The number of hydrogen-bond donors (Lipinski definition) is 0. The van der Waals surface area contributed by atoms with Crippen LogP contribution in [0.2, 0.25) is 0 Å². The molecule has 2 nitrogen and oxygen atoms in total. The summed E-state index contributed by atoms with van der Waals surface area (Å²) >= 11 is 0. The van der Waals surface area contributed by atoms with E-state index < -0.39 is 0 Å². The first-order valence-corrected chi connectivity index (χ1v) is 4.50. The van der Waals surface area contributed by atoms with E-state index in [4.69, 9.17) is 4.74 Å².